The van der Waals surface area contributed by atoms with E-state index in [-0.39, 0.29) is 5.91 Å². The maximum Gasteiger partial charge on any atom is 0.255 e. The highest BCUT2D eigenvalue weighted by atomic mass is 16.5. The van der Waals surface area contributed by atoms with Gasteiger partial charge in [-0.1, -0.05) is 0 Å². The normalized spacial score (nSPS) is 17.3. The minimum atomic E-state index is -0.0957. The number of nitrogens with one attached hydrogen (secondary N) is 1. The van der Waals surface area contributed by atoms with E-state index in [0.717, 1.165) is 0 Å². The van der Waals surface area contributed by atoms with Crippen molar-refractivity contribution in [2.75, 3.05) is 21.3 Å². The summed E-state index contributed by atoms with van der Waals surface area (Å²) in [5.74, 6) is 2.80. The maximum absolute atomic E-state index is 12.7. The van der Waals surface area contributed by atoms with Gasteiger partial charge in [0.25, 0.3) is 5.91 Å². The number of amides is 1. The third-order valence-electron chi connectivity index (χ3n) is 4.51. The summed E-state index contributed by atoms with van der Waals surface area (Å²) < 4.78 is 15.9. The van der Waals surface area contributed by atoms with Gasteiger partial charge in [-0.15, -0.1) is 0 Å². The fourth-order valence-corrected chi connectivity index (χ4v) is 2.97. The van der Waals surface area contributed by atoms with Crippen LogP contribution in [0.4, 0.5) is 0 Å². The summed E-state index contributed by atoms with van der Waals surface area (Å²) in [7, 11) is 4.67. The highest BCUT2D eigenvalue weighted by molar-refractivity contribution is 5.98. The lowest BCUT2D eigenvalue weighted by atomic mass is 10.1. The van der Waals surface area contributed by atoms with Gasteiger partial charge >= 0.3 is 0 Å². The topological polar surface area (TPSA) is 56.8 Å². The van der Waals surface area contributed by atoms with Crippen LogP contribution in [-0.2, 0) is 0 Å². The van der Waals surface area contributed by atoms with Crippen LogP contribution in [0.2, 0.25) is 0 Å². The van der Waals surface area contributed by atoms with Crippen LogP contribution in [0.3, 0.4) is 0 Å². The van der Waals surface area contributed by atoms with Crippen LogP contribution in [0.15, 0.2) is 12.1 Å². The molecule has 22 heavy (non-hydrogen) atoms. The Hall–Kier alpha value is -1.91. The van der Waals surface area contributed by atoms with E-state index in [4.69, 9.17) is 14.2 Å². The molecule has 0 heterocycles. The number of ether oxygens (including phenoxy) is 3. The Kier molecular flexibility index (Phi) is 4.14. The van der Waals surface area contributed by atoms with Gasteiger partial charge in [0.05, 0.1) is 26.9 Å². The highest BCUT2D eigenvalue weighted by Crippen LogP contribution is 2.45. The molecule has 5 heteroatoms. The number of rotatable bonds is 7. The zero-order chi connectivity index (χ0) is 15.7. The lowest BCUT2D eigenvalue weighted by Crippen LogP contribution is -2.38. The Morgan fingerprint density at radius 3 is 1.91 bits per heavy atom. The van der Waals surface area contributed by atoms with Crippen LogP contribution in [0.1, 0.15) is 36.0 Å². The molecule has 0 radical (unpaired) electrons. The van der Waals surface area contributed by atoms with Gasteiger partial charge in [-0.05, 0) is 37.5 Å². The molecule has 2 aliphatic carbocycles. The number of hydrogen-bond acceptors (Lipinski definition) is 4. The zero-order valence-electron chi connectivity index (χ0n) is 13.3. The van der Waals surface area contributed by atoms with Crippen molar-refractivity contribution in [1.82, 2.24) is 5.32 Å². The Morgan fingerprint density at radius 2 is 1.45 bits per heavy atom. The molecule has 5 nitrogen and oxygen atoms in total. The van der Waals surface area contributed by atoms with Crippen LogP contribution in [0.25, 0.3) is 0 Å². The van der Waals surface area contributed by atoms with Gasteiger partial charge in [0.15, 0.2) is 11.5 Å². The average molecular weight is 305 g/mol. The van der Waals surface area contributed by atoms with E-state index >= 15 is 0 Å². The number of carbonyl (C=O) groups excluding carboxylic acids is 1. The SMILES string of the molecule is COc1cc(OC)c(C(=O)NC(C2CC2)C2CC2)cc1OC. The smallest absolute Gasteiger partial charge is 0.255 e. The molecule has 1 aromatic carbocycles. The number of benzene rings is 1. The monoisotopic (exact) mass is 305 g/mol. The van der Waals surface area contributed by atoms with Crippen molar-refractivity contribution in [2.45, 2.75) is 31.7 Å². The van der Waals surface area contributed by atoms with Crippen molar-refractivity contribution in [2.24, 2.45) is 11.8 Å². The highest BCUT2D eigenvalue weighted by Gasteiger charge is 2.42. The molecule has 0 saturated heterocycles. The Morgan fingerprint density at radius 1 is 0.955 bits per heavy atom. The minimum Gasteiger partial charge on any atom is -0.496 e. The molecular weight excluding hydrogens is 282 g/mol. The van der Waals surface area contributed by atoms with E-state index in [0.29, 0.717) is 40.7 Å². The van der Waals surface area contributed by atoms with Crippen LogP contribution in [0.5, 0.6) is 17.2 Å². The molecule has 3 rings (SSSR count). The molecule has 2 aliphatic rings. The van der Waals surface area contributed by atoms with Crippen molar-refractivity contribution in [1.29, 1.82) is 0 Å². The van der Waals surface area contributed by atoms with Crippen LogP contribution in [-0.4, -0.2) is 33.3 Å². The first-order chi connectivity index (χ1) is 10.7. The first-order valence-corrected chi connectivity index (χ1v) is 7.78. The summed E-state index contributed by atoms with van der Waals surface area (Å²) in [4.78, 5) is 12.7. The predicted octanol–water partition coefficient (Wildman–Crippen LogP) is 2.63. The molecule has 120 valence electrons. The number of hydrogen-bond donors (Lipinski definition) is 1. The van der Waals surface area contributed by atoms with Crippen molar-refractivity contribution in [3.8, 4) is 17.2 Å². The van der Waals surface area contributed by atoms with E-state index in [2.05, 4.69) is 5.32 Å². The molecule has 0 aromatic heterocycles. The largest absolute Gasteiger partial charge is 0.496 e. The van der Waals surface area contributed by atoms with Crippen molar-refractivity contribution < 1.29 is 19.0 Å². The summed E-state index contributed by atoms with van der Waals surface area (Å²) in [6.45, 7) is 0. The quantitative estimate of drug-likeness (QED) is 0.841. The van der Waals surface area contributed by atoms with E-state index < -0.39 is 0 Å². The lowest BCUT2D eigenvalue weighted by molar-refractivity contribution is 0.0922. The molecule has 1 amide bonds. The predicted molar refractivity (Wildman–Crippen MR) is 82.8 cm³/mol. The van der Waals surface area contributed by atoms with Crippen molar-refractivity contribution >= 4 is 5.91 Å². The van der Waals surface area contributed by atoms with Gasteiger partial charge in [-0.2, -0.15) is 0 Å². The summed E-state index contributed by atoms with van der Waals surface area (Å²) in [5, 5.41) is 3.21. The number of methoxy groups -OCH3 is 3. The maximum atomic E-state index is 12.7. The Bertz CT molecular complexity index is 552. The van der Waals surface area contributed by atoms with E-state index in [1.54, 1.807) is 33.5 Å². The van der Waals surface area contributed by atoms with Gasteiger partial charge in [0, 0.05) is 18.2 Å². The van der Waals surface area contributed by atoms with E-state index in [1.807, 2.05) is 0 Å². The standard InChI is InChI=1S/C17H23NO4/c1-20-13-9-15(22-3)14(21-2)8-12(13)17(19)18-16(10-4-5-10)11-6-7-11/h8-11,16H,4-7H2,1-3H3,(H,18,19). The summed E-state index contributed by atoms with van der Waals surface area (Å²) in [5.41, 5.74) is 0.492. The molecule has 0 aliphatic heterocycles. The molecule has 2 saturated carbocycles. The first-order valence-electron chi connectivity index (χ1n) is 7.78. The summed E-state index contributed by atoms with van der Waals surface area (Å²) in [6, 6.07) is 3.69. The second-order valence-electron chi connectivity index (χ2n) is 6.08. The van der Waals surface area contributed by atoms with Gasteiger partial charge in [-0.25, -0.2) is 0 Å². The van der Waals surface area contributed by atoms with Gasteiger partial charge in [0.2, 0.25) is 0 Å². The fraction of sp³-hybridized carbons (Fsp3) is 0.588. The minimum absolute atomic E-state index is 0.0957. The fourth-order valence-electron chi connectivity index (χ4n) is 2.97. The van der Waals surface area contributed by atoms with Gasteiger partial charge < -0.3 is 19.5 Å². The van der Waals surface area contributed by atoms with Crippen molar-refractivity contribution in [3.05, 3.63) is 17.7 Å². The Balaban J connectivity index is 1.83. The van der Waals surface area contributed by atoms with E-state index in [9.17, 15) is 4.79 Å². The van der Waals surface area contributed by atoms with Gasteiger partial charge in [0.1, 0.15) is 5.75 Å². The molecule has 0 bridgehead atoms. The second kappa shape index (κ2) is 6.07. The first kappa shape index (κ1) is 15.0. The second-order valence-corrected chi connectivity index (χ2v) is 6.08. The van der Waals surface area contributed by atoms with Crippen LogP contribution in [0, 0.1) is 11.8 Å². The van der Waals surface area contributed by atoms with Gasteiger partial charge in [-0.3, -0.25) is 4.79 Å². The third-order valence-corrected chi connectivity index (χ3v) is 4.51. The van der Waals surface area contributed by atoms with Crippen LogP contribution >= 0.6 is 0 Å². The molecule has 2 fully saturated rings. The number of carbonyl (C=O) groups is 1. The average Bonchev–Trinajstić information content (AvgIpc) is 3.42. The van der Waals surface area contributed by atoms with Crippen molar-refractivity contribution in [3.63, 3.8) is 0 Å². The third kappa shape index (κ3) is 2.98. The summed E-state index contributed by atoms with van der Waals surface area (Å²) in [6.07, 6.45) is 4.91. The molecule has 0 unspecified atom stereocenters. The molecule has 0 spiro atoms. The van der Waals surface area contributed by atoms with Crippen LogP contribution < -0.4 is 19.5 Å². The molecule has 1 N–H and O–H groups in total. The molecular formula is C17H23NO4. The molecule has 0 atom stereocenters. The molecule has 1 aromatic rings. The zero-order valence-corrected chi connectivity index (χ0v) is 13.3. The Labute approximate surface area is 130 Å². The summed E-state index contributed by atoms with van der Waals surface area (Å²) >= 11 is 0. The lowest BCUT2D eigenvalue weighted by Gasteiger charge is -2.19. The van der Waals surface area contributed by atoms with E-state index in [1.165, 1.54) is 25.7 Å².